The molecule has 0 aliphatic heterocycles. The maximum absolute atomic E-state index is 10.8. The number of benzene rings is 1. The maximum atomic E-state index is 10.8. The van der Waals surface area contributed by atoms with Gasteiger partial charge in [0.25, 0.3) is 0 Å². The van der Waals surface area contributed by atoms with Crippen molar-refractivity contribution in [3.8, 4) is 5.75 Å². The van der Waals surface area contributed by atoms with Crippen LogP contribution in [-0.4, -0.2) is 17.5 Å². The highest BCUT2D eigenvalue weighted by Crippen LogP contribution is 2.36. The number of hydrogen-bond donors (Lipinski definition) is 0. The lowest BCUT2D eigenvalue weighted by atomic mass is 10.1. The van der Waals surface area contributed by atoms with Crippen molar-refractivity contribution in [2.24, 2.45) is 0 Å². The number of ether oxygens (including phenoxy) is 1. The molecule has 0 aliphatic carbocycles. The SMILES string of the molecule is CC/C(=C\c1ccc(OCCCC(=O)[O-])c(Cl)c1Cl)[N+](=O)[O-]. The topological polar surface area (TPSA) is 92.5 Å². The summed E-state index contributed by atoms with van der Waals surface area (Å²) < 4.78 is 5.34. The van der Waals surface area contributed by atoms with Gasteiger partial charge >= 0.3 is 0 Å². The molecule has 1 aromatic carbocycles. The second-order valence-corrected chi connectivity index (χ2v) is 5.11. The van der Waals surface area contributed by atoms with Gasteiger partial charge in [-0.2, -0.15) is 0 Å². The molecule has 0 bridgehead atoms. The van der Waals surface area contributed by atoms with Gasteiger partial charge in [0, 0.05) is 24.0 Å². The van der Waals surface area contributed by atoms with Gasteiger partial charge in [0.05, 0.1) is 16.6 Å². The summed E-state index contributed by atoms with van der Waals surface area (Å²) in [5, 5.41) is 21.4. The second-order valence-electron chi connectivity index (χ2n) is 4.35. The maximum Gasteiger partial charge on any atom is 0.246 e. The van der Waals surface area contributed by atoms with Crippen LogP contribution in [0, 0.1) is 10.1 Å². The molecule has 0 N–H and O–H groups in total. The van der Waals surface area contributed by atoms with Gasteiger partial charge in [-0.25, -0.2) is 0 Å². The lowest BCUT2D eigenvalue weighted by Crippen LogP contribution is -2.22. The zero-order valence-corrected chi connectivity index (χ0v) is 13.3. The molecule has 22 heavy (non-hydrogen) atoms. The monoisotopic (exact) mass is 346 g/mol. The number of halogens is 2. The summed E-state index contributed by atoms with van der Waals surface area (Å²) in [6.45, 7) is 1.81. The molecule has 0 atom stereocenters. The van der Waals surface area contributed by atoms with Crippen molar-refractivity contribution in [3.05, 3.63) is 43.6 Å². The average molecular weight is 347 g/mol. The van der Waals surface area contributed by atoms with Crippen LogP contribution in [-0.2, 0) is 4.79 Å². The fourth-order valence-corrected chi connectivity index (χ4v) is 2.07. The first kappa shape index (κ1) is 18.3. The van der Waals surface area contributed by atoms with E-state index in [4.69, 9.17) is 27.9 Å². The van der Waals surface area contributed by atoms with E-state index < -0.39 is 10.9 Å². The van der Waals surface area contributed by atoms with Gasteiger partial charge in [-0.3, -0.25) is 10.1 Å². The molecule has 0 unspecified atom stereocenters. The minimum Gasteiger partial charge on any atom is -0.550 e. The number of nitrogens with zero attached hydrogens (tertiary/aromatic N) is 1. The van der Waals surface area contributed by atoms with Crippen LogP contribution in [0.1, 0.15) is 31.7 Å². The van der Waals surface area contributed by atoms with Crippen molar-refractivity contribution in [1.82, 2.24) is 0 Å². The highest BCUT2D eigenvalue weighted by molar-refractivity contribution is 6.43. The first-order valence-corrected chi connectivity index (χ1v) is 7.28. The lowest BCUT2D eigenvalue weighted by molar-refractivity contribution is -0.425. The van der Waals surface area contributed by atoms with Gasteiger partial charge in [-0.15, -0.1) is 0 Å². The van der Waals surface area contributed by atoms with E-state index >= 15 is 0 Å². The number of rotatable bonds is 8. The Morgan fingerprint density at radius 2 is 2.05 bits per heavy atom. The van der Waals surface area contributed by atoms with Crippen LogP contribution in [0.2, 0.25) is 10.0 Å². The van der Waals surface area contributed by atoms with E-state index in [0.29, 0.717) is 11.3 Å². The first-order valence-electron chi connectivity index (χ1n) is 6.52. The van der Waals surface area contributed by atoms with Crippen LogP contribution in [0.4, 0.5) is 0 Å². The minimum absolute atomic E-state index is 0.0144. The molecule has 0 spiro atoms. The first-order chi connectivity index (χ1) is 10.4. The smallest absolute Gasteiger partial charge is 0.246 e. The molecular formula is C14H14Cl2NO5-. The lowest BCUT2D eigenvalue weighted by Gasteiger charge is -2.10. The van der Waals surface area contributed by atoms with Crippen LogP contribution < -0.4 is 9.84 Å². The van der Waals surface area contributed by atoms with Crippen molar-refractivity contribution in [3.63, 3.8) is 0 Å². The van der Waals surface area contributed by atoms with Gasteiger partial charge < -0.3 is 14.6 Å². The van der Waals surface area contributed by atoms with Crippen molar-refractivity contribution in [1.29, 1.82) is 0 Å². The van der Waals surface area contributed by atoms with Gasteiger partial charge in [0.15, 0.2) is 0 Å². The quantitative estimate of drug-likeness (QED) is 0.409. The van der Waals surface area contributed by atoms with E-state index in [1.54, 1.807) is 13.0 Å². The molecule has 120 valence electrons. The molecule has 0 aromatic heterocycles. The van der Waals surface area contributed by atoms with Crippen molar-refractivity contribution in [2.45, 2.75) is 26.2 Å². The summed E-state index contributed by atoms with van der Waals surface area (Å²) in [6.07, 6.45) is 1.77. The van der Waals surface area contributed by atoms with Crippen LogP contribution in [0.5, 0.6) is 5.75 Å². The Hall–Kier alpha value is -1.79. The third-order valence-electron chi connectivity index (χ3n) is 2.78. The Balaban J connectivity index is 2.88. The Morgan fingerprint density at radius 1 is 1.36 bits per heavy atom. The highest BCUT2D eigenvalue weighted by Gasteiger charge is 2.13. The predicted molar refractivity (Wildman–Crippen MR) is 81.5 cm³/mol. The van der Waals surface area contributed by atoms with Crippen LogP contribution in [0.25, 0.3) is 6.08 Å². The molecule has 0 amide bonds. The molecule has 1 rings (SSSR count). The standard InChI is InChI=1S/C14H15Cl2NO5/c1-2-10(17(20)21)8-9-5-6-11(14(16)13(9)15)22-7-3-4-12(18)19/h5-6,8H,2-4,7H2,1H3,(H,18,19)/p-1/b10-8+. The Labute approximate surface area is 137 Å². The van der Waals surface area contributed by atoms with Crippen LogP contribution in [0.15, 0.2) is 17.8 Å². The van der Waals surface area contributed by atoms with Gasteiger partial charge in [-0.05, 0) is 25.0 Å². The van der Waals surface area contributed by atoms with Gasteiger partial charge in [0.1, 0.15) is 10.8 Å². The number of allylic oxidation sites excluding steroid dienone is 1. The summed E-state index contributed by atoms with van der Waals surface area (Å²) in [5.41, 5.74) is 0.433. The minimum atomic E-state index is -1.15. The Kier molecular flexibility index (Phi) is 7.14. The second kappa shape index (κ2) is 8.60. The molecule has 1 aromatic rings. The van der Waals surface area contributed by atoms with E-state index in [2.05, 4.69) is 0 Å². The summed E-state index contributed by atoms with van der Waals surface area (Å²) in [7, 11) is 0. The van der Waals surface area contributed by atoms with E-state index in [-0.39, 0.29) is 41.6 Å². The average Bonchev–Trinajstić information content (AvgIpc) is 2.46. The fourth-order valence-electron chi connectivity index (χ4n) is 1.63. The summed E-state index contributed by atoms with van der Waals surface area (Å²) in [4.78, 5) is 20.6. The third-order valence-corrected chi connectivity index (χ3v) is 3.66. The van der Waals surface area contributed by atoms with Gasteiger partial charge in [0.2, 0.25) is 5.70 Å². The molecule has 0 heterocycles. The summed E-state index contributed by atoms with van der Waals surface area (Å²) >= 11 is 12.1. The van der Waals surface area contributed by atoms with Crippen LogP contribution >= 0.6 is 23.2 Å². The van der Waals surface area contributed by atoms with E-state index in [1.165, 1.54) is 12.1 Å². The highest BCUT2D eigenvalue weighted by atomic mass is 35.5. The van der Waals surface area contributed by atoms with Crippen molar-refractivity contribution < 1.29 is 19.6 Å². The van der Waals surface area contributed by atoms with Crippen molar-refractivity contribution in [2.75, 3.05) is 6.61 Å². The molecule has 0 radical (unpaired) electrons. The molecule has 0 aliphatic rings. The summed E-state index contributed by atoms with van der Waals surface area (Å²) in [6, 6.07) is 3.09. The number of carbonyl (C=O) groups excluding carboxylic acids is 1. The van der Waals surface area contributed by atoms with E-state index in [9.17, 15) is 20.0 Å². The molecule has 8 heteroatoms. The zero-order chi connectivity index (χ0) is 16.7. The molecule has 0 saturated heterocycles. The number of hydrogen-bond acceptors (Lipinski definition) is 5. The number of carboxylic acid groups (broad SMARTS) is 1. The molecule has 0 saturated carbocycles. The summed E-state index contributed by atoms with van der Waals surface area (Å²) in [5.74, 6) is -0.860. The molecule has 6 nitrogen and oxygen atoms in total. The normalized spacial score (nSPS) is 11.3. The number of aliphatic carboxylic acids is 1. The number of carbonyl (C=O) groups is 1. The van der Waals surface area contributed by atoms with E-state index in [0.717, 1.165) is 0 Å². The Bertz CT molecular complexity index is 601. The molecule has 0 fully saturated rings. The third kappa shape index (κ3) is 5.20. The predicted octanol–water partition coefficient (Wildman–Crippen LogP) is 2.93. The van der Waals surface area contributed by atoms with Crippen molar-refractivity contribution >= 4 is 35.2 Å². The number of carboxylic acids is 1. The zero-order valence-electron chi connectivity index (χ0n) is 11.8. The molecular weight excluding hydrogens is 333 g/mol. The van der Waals surface area contributed by atoms with E-state index in [1.807, 2.05) is 0 Å². The van der Waals surface area contributed by atoms with Crippen LogP contribution in [0.3, 0.4) is 0 Å². The number of nitro groups is 1. The van der Waals surface area contributed by atoms with Gasteiger partial charge in [-0.1, -0.05) is 30.1 Å². The Morgan fingerprint density at radius 3 is 2.59 bits per heavy atom. The largest absolute Gasteiger partial charge is 0.550 e. The fraction of sp³-hybridized carbons (Fsp3) is 0.357.